The zero-order valence-corrected chi connectivity index (χ0v) is 13.9. The topological polar surface area (TPSA) is 43.1 Å². The van der Waals surface area contributed by atoms with Gasteiger partial charge in [-0.25, -0.2) is 9.97 Å². The van der Waals surface area contributed by atoms with E-state index < -0.39 is 0 Å². The molecule has 0 unspecified atom stereocenters. The minimum absolute atomic E-state index is 0.424. The lowest BCUT2D eigenvalue weighted by atomic mass is 10.3. The van der Waals surface area contributed by atoms with Crippen LogP contribution in [0.5, 0.6) is 0 Å². The number of hydrogen-bond donors (Lipinski definition) is 0. The van der Waals surface area contributed by atoms with Crippen LogP contribution in [-0.4, -0.2) is 19.4 Å². The lowest BCUT2D eigenvalue weighted by Crippen LogP contribution is -1.93. The molecule has 0 fully saturated rings. The van der Waals surface area contributed by atoms with Gasteiger partial charge in [-0.15, -0.1) is 0 Å². The van der Waals surface area contributed by atoms with Gasteiger partial charge in [0.05, 0.1) is 23.8 Å². The maximum Gasteiger partial charge on any atom is 0.151 e. The second-order valence-corrected chi connectivity index (χ2v) is 4.06. The predicted octanol–water partition coefficient (Wildman–Crippen LogP) is 4.81. The monoisotopic (exact) mass is 304 g/mol. The van der Waals surface area contributed by atoms with Crippen LogP contribution in [0.2, 0.25) is 5.15 Å². The first-order valence-electron chi connectivity index (χ1n) is 7.17. The van der Waals surface area contributed by atoms with Gasteiger partial charge in [0.1, 0.15) is 11.3 Å². The van der Waals surface area contributed by atoms with Gasteiger partial charge in [0.15, 0.2) is 5.15 Å². The summed E-state index contributed by atoms with van der Waals surface area (Å²) in [5.74, 6) is 0. The Hall–Kier alpha value is -1.94. The molecule has 3 heterocycles. The van der Waals surface area contributed by atoms with Gasteiger partial charge in [0.2, 0.25) is 0 Å². The standard InChI is InChI=1S/C12H9ClN4.2C2H6/c1-8-12(13)16-9(6-14-8)10-7-15-11-4-2-3-5-17(10)11;2*1-2/h2-7H,1H3;2*1-2H3. The molecule has 3 aromatic heterocycles. The molecule has 3 aromatic rings. The van der Waals surface area contributed by atoms with Crippen LogP contribution in [-0.2, 0) is 0 Å². The van der Waals surface area contributed by atoms with Crippen molar-refractivity contribution < 1.29 is 0 Å². The molecule has 0 atom stereocenters. The zero-order chi connectivity index (χ0) is 15.8. The Labute approximate surface area is 130 Å². The Kier molecular flexibility index (Phi) is 6.82. The number of aryl methyl sites for hydroxylation is 1. The number of rotatable bonds is 1. The molecule has 0 bridgehead atoms. The van der Waals surface area contributed by atoms with Crippen molar-refractivity contribution >= 4 is 17.2 Å². The summed E-state index contributed by atoms with van der Waals surface area (Å²) in [4.78, 5) is 12.8. The number of nitrogens with zero attached hydrogens (tertiary/aromatic N) is 4. The quantitative estimate of drug-likeness (QED) is 0.648. The summed E-state index contributed by atoms with van der Waals surface area (Å²) < 4.78 is 1.95. The van der Waals surface area contributed by atoms with Gasteiger partial charge in [0, 0.05) is 6.20 Å². The average Bonchev–Trinajstić information content (AvgIpc) is 2.98. The Morgan fingerprint density at radius 2 is 1.71 bits per heavy atom. The summed E-state index contributed by atoms with van der Waals surface area (Å²) in [5.41, 5.74) is 3.21. The van der Waals surface area contributed by atoms with Crippen LogP contribution in [0.3, 0.4) is 0 Å². The molecule has 4 nitrogen and oxygen atoms in total. The van der Waals surface area contributed by atoms with Gasteiger partial charge < -0.3 is 0 Å². The lowest BCUT2D eigenvalue weighted by molar-refractivity contribution is 1.10. The molecular weight excluding hydrogens is 284 g/mol. The molecule has 3 rings (SSSR count). The third kappa shape index (κ3) is 3.79. The maximum atomic E-state index is 5.98. The van der Waals surface area contributed by atoms with Crippen LogP contribution >= 0.6 is 11.6 Å². The molecule has 0 radical (unpaired) electrons. The second-order valence-electron chi connectivity index (χ2n) is 3.70. The highest BCUT2D eigenvalue weighted by molar-refractivity contribution is 6.30. The first-order valence-corrected chi connectivity index (χ1v) is 7.55. The van der Waals surface area contributed by atoms with E-state index in [9.17, 15) is 0 Å². The number of aromatic nitrogens is 4. The Balaban J connectivity index is 0.000000510. The number of fused-ring (bicyclic) bond motifs is 1. The molecule has 0 saturated carbocycles. The summed E-state index contributed by atoms with van der Waals surface area (Å²) >= 11 is 5.98. The molecule has 0 N–H and O–H groups in total. The molecule has 0 amide bonds. The van der Waals surface area contributed by atoms with Crippen LogP contribution in [0, 0.1) is 6.92 Å². The Morgan fingerprint density at radius 3 is 2.38 bits per heavy atom. The molecule has 0 spiro atoms. The number of imidazole rings is 1. The van der Waals surface area contributed by atoms with Crippen LogP contribution in [0.25, 0.3) is 17.0 Å². The van der Waals surface area contributed by atoms with E-state index in [4.69, 9.17) is 11.6 Å². The molecule has 0 aliphatic rings. The molecular formula is C16H21ClN4. The van der Waals surface area contributed by atoms with Crippen molar-refractivity contribution in [3.8, 4) is 11.4 Å². The highest BCUT2D eigenvalue weighted by Gasteiger charge is 2.08. The molecule has 0 aliphatic carbocycles. The molecule has 0 aromatic carbocycles. The Morgan fingerprint density at radius 1 is 1.00 bits per heavy atom. The average molecular weight is 305 g/mol. The number of hydrogen-bond acceptors (Lipinski definition) is 3. The van der Waals surface area contributed by atoms with Crippen molar-refractivity contribution in [2.45, 2.75) is 34.6 Å². The van der Waals surface area contributed by atoms with Crippen LogP contribution in [0.4, 0.5) is 0 Å². The largest absolute Gasteiger partial charge is 0.298 e. The van der Waals surface area contributed by atoms with Gasteiger partial charge in [-0.2, -0.15) is 0 Å². The smallest absolute Gasteiger partial charge is 0.151 e. The van der Waals surface area contributed by atoms with Crippen molar-refractivity contribution in [2.24, 2.45) is 0 Å². The predicted molar refractivity (Wildman–Crippen MR) is 88.7 cm³/mol. The van der Waals surface area contributed by atoms with E-state index in [1.54, 1.807) is 12.4 Å². The highest BCUT2D eigenvalue weighted by Crippen LogP contribution is 2.20. The summed E-state index contributed by atoms with van der Waals surface area (Å²) in [6.07, 6.45) is 5.41. The van der Waals surface area contributed by atoms with E-state index in [1.165, 1.54) is 0 Å². The van der Waals surface area contributed by atoms with Crippen molar-refractivity contribution in [1.29, 1.82) is 0 Å². The SMILES string of the molecule is CC.CC.Cc1ncc(-c2cnc3ccccn23)nc1Cl. The van der Waals surface area contributed by atoms with Gasteiger partial charge in [-0.3, -0.25) is 9.38 Å². The van der Waals surface area contributed by atoms with E-state index in [2.05, 4.69) is 15.0 Å². The Bertz CT molecular complexity index is 692. The first-order chi connectivity index (χ1) is 10.3. The van der Waals surface area contributed by atoms with E-state index in [-0.39, 0.29) is 0 Å². The molecule has 0 aliphatic heterocycles. The summed E-state index contributed by atoms with van der Waals surface area (Å²) in [5, 5.41) is 0.424. The van der Waals surface area contributed by atoms with Crippen LogP contribution in [0.15, 0.2) is 36.8 Å². The van der Waals surface area contributed by atoms with Gasteiger partial charge in [-0.1, -0.05) is 45.4 Å². The molecule has 0 saturated heterocycles. The lowest BCUT2D eigenvalue weighted by Gasteiger charge is -2.02. The van der Waals surface area contributed by atoms with E-state index in [0.717, 1.165) is 22.7 Å². The van der Waals surface area contributed by atoms with E-state index in [1.807, 2.05) is 63.4 Å². The normalized spacial score (nSPS) is 9.43. The minimum Gasteiger partial charge on any atom is -0.298 e. The van der Waals surface area contributed by atoms with Crippen LogP contribution in [0.1, 0.15) is 33.4 Å². The summed E-state index contributed by atoms with van der Waals surface area (Å²) in [7, 11) is 0. The fraction of sp³-hybridized carbons (Fsp3) is 0.312. The fourth-order valence-electron chi connectivity index (χ4n) is 1.67. The summed E-state index contributed by atoms with van der Waals surface area (Å²) in [6.45, 7) is 9.83. The van der Waals surface area contributed by atoms with Crippen LogP contribution < -0.4 is 0 Å². The van der Waals surface area contributed by atoms with Gasteiger partial charge in [0.25, 0.3) is 0 Å². The zero-order valence-electron chi connectivity index (χ0n) is 13.1. The maximum absolute atomic E-state index is 5.98. The molecule has 112 valence electrons. The molecule has 21 heavy (non-hydrogen) atoms. The van der Waals surface area contributed by atoms with Gasteiger partial charge >= 0.3 is 0 Å². The third-order valence-corrected chi connectivity index (χ3v) is 2.94. The van der Waals surface area contributed by atoms with Gasteiger partial charge in [-0.05, 0) is 19.1 Å². The van der Waals surface area contributed by atoms with Crippen molar-refractivity contribution in [3.05, 3.63) is 47.6 Å². The minimum atomic E-state index is 0.424. The molecule has 5 heteroatoms. The van der Waals surface area contributed by atoms with E-state index >= 15 is 0 Å². The second kappa shape index (κ2) is 8.37. The number of pyridine rings is 1. The van der Waals surface area contributed by atoms with Crippen molar-refractivity contribution in [3.63, 3.8) is 0 Å². The van der Waals surface area contributed by atoms with E-state index in [0.29, 0.717) is 5.15 Å². The summed E-state index contributed by atoms with van der Waals surface area (Å²) in [6, 6.07) is 5.83. The number of halogens is 1. The first kappa shape index (κ1) is 17.1. The van der Waals surface area contributed by atoms with Crippen molar-refractivity contribution in [1.82, 2.24) is 19.4 Å². The highest BCUT2D eigenvalue weighted by atomic mass is 35.5. The fourth-order valence-corrected chi connectivity index (χ4v) is 1.81. The van der Waals surface area contributed by atoms with Crippen molar-refractivity contribution in [2.75, 3.05) is 0 Å². The third-order valence-electron chi connectivity index (χ3n) is 2.58.